The zero-order valence-electron chi connectivity index (χ0n) is 5.11. The molecule has 0 spiro atoms. The van der Waals surface area contributed by atoms with Crippen LogP contribution < -0.4 is 5.32 Å². The standard InChI is InChI=1S/C6H11NO/c1-6(5-8)3-2-4-7-6/h5,7H,2-4H2,1H3/t6-/m0/s1. The summed E-state index contributed by atoms with van der Waals surface area (Å²) in [4.78, 5) is 10.3. The van der Waals surface area contributed by atoms with E-state index in [4.69, 9.17) is 0 Å². The van der Waals surface area contributed by atoms with Crippen LogP contribution >= 0.6 is 0 Å². The van der Waals surface area contributed by atoms with E-state index in [0.29, 0.717) is 0 Å². The molecular weight excluding hydrogens is 102 g/mol. The fourth-order valence-electron chi connectivity index (χ4n) is 1.02. The Morgan fingerprint density at radius 2 is 2.50 bits per heavy atom. The summed E-state index contributed by atoms with van der Waals surface area (Å²) in [5.74, 6) is 0. The maximum absolute atomic E-state index is 10.3. The number of aldehydes is 1. The molecule has 0 saturated carbocycles. The summed E-state index contributed by atoms with van der Waals surface area (Å²) in [6.07, 6.45) is 3.13. The smallest absolute Gasteiger partial charge is 0.139 e. The van der Waals surface area contributed by atoms with Crippen LogP contribution in [0.25, 0.3) is 0 Å². The molecule has 1 aliphatic heterocycles. The Morgan fingerprint density at radius 1 is 1.75 bits per heavy atom. The third-order valence-electron chi connectivity index (χ3n) is 1.66. The van der Waals surface area contributed by atoms with Crippen molar-refractivity contribution in [2.75, 3.05) is 6.54 Å². The van der Waals surface area contributed by atoms with E-state index in [1.54, 1.807) is 0 Å². The molecule has 1 heterocycles. The van der Waals surface area contributed by atoms with Gasteiger partial charge in [-0.05, 0) is 26.3 Å². The van der Waals surface area contributed by atoms with Gasteiger partial charge in [-0.15, -0.1) is 0 Å². The Hall–Kier alpha value is -0.370. The van der Waals surface area contributed by atoms with Crippen molar-refractivity contribution in [2.45, 2.75) is 25.3 Å². The van der Waals surface area contributed by atoms with Crippen molar-refractivity contribution in [3.05, 3.63) is 0 Å². The molecule has 0 radical (unpaired) electrons. The van der Waals surface area contributed by atoms with Gasteiger partial charge in [-0.25, -0.2) is 0 Å². The third-order valence-corrected chi connectivity index (χ3v) is 1.66. The molecular formula is C6H11NO. The Morgan fingerprint density at radius 3 is 2.75 bits per heavy atom. The molecule has 2 nitrogen and oxygen atoms in total. The second-order valence-electron chi connectivity index (χ2n) is 2.57. The Kier molecular flexibility index (Phi) is 1.34. The highest BCUT2D eigenvalue weighted by Crippen LogP contribution is 2.14. The van der Waals surface area contributed by atoms with E-state index < -0.39 is 0 Å². The maximum atomic E-state index is 10.3. The van der Waals surface area contributed by atoms with Crippen LogP contribution in [0.2, 0.25) is 0 Å². The lowest BCUT2D eigenvalue weighted by atomic mass is 10.0. The molecule has 1 aliphatic rings. The van der Waals surface area contributed by atoms with Crippen LogP contribution in [0.1, 0.15) is 19.8 Å². The van der Waals surface area contributed by atoms with E-state index in [2.05, 4.69) is 5.32 Å². The van der Waals surface area contributed by atoms with Crippen LogP contribution in [-0.2, 0) is 4.79 Å². The van der Waals surface area contributed by atoms with Gasteiger partial charge in [0.05, 0.1) is 5.54 Å². The first-order valence-corrected chi connectivity index (χ1v) is 2.98. The molecule has 1 saturated heterocycles. The minimum absolute atomic E-state index is 0.194. The van der Waals surface area contributed by atoms with Crippen LogP contribution in [-0.4, -0.2) is 18.4 Å². The van der Waals surface area contributed by atoms with Gasteiger partial charge in [-0.3, -0.25) is 0 Å². The van der Waals surface area contributed by atoms with Crippen LogP contribution in [0.4, 0.5) is 0 Å². The highest BCUT2D eigenvalue weighted by Gasteiger charge is 2.26. The van der Waals surface area contributed by atoms with E-state index in [1.807, 2.05) is 6.92 Å². The number of nitrogens with one attached hydrogen (secondary N) is 1. The van der Waals surface area contributed by atoms with Crippen molar-refractivity contribution < 1.29 is 4.79 Å². The molecule has 0 aromatic heterocycles. The van der Waals surface area contributed by atoms with Gasteiger partial charge in [0.1, 0.15) is 6.29 Å². The molecule has 0 aliphatic carbocycles. The quantitative estimate of drug-likeness (QED) is 0.496. The summed E-state index contributed by atoms with van der Waals surface area (Å²) < 4.78 is 0. The van der Waals surface area contributed by atoms with Gasteiger partial charge in [-0.2, -0.15) is 0 Å². The zero-order chi connectivity index (χ0) is 6.04. The molecule has 0 unspecified atom stereocenters. The second kappa shape index (κ2) is 1.86. The topological polar surface area (TPSA) is 29.1 Å². The maximum Gasteiger partial charge on any atom is 0.139 e. The van der Waals surface area contributed by atoms with Gasteiger partial charge >= 0.3 is 0 Å². The van der Waals surface area contributed by atoms with Gasteiger partial charge in [-0.1, -0.05) is 0 Å². The van der Waals surface area contributed by atoms with Gasteiger partial charge < -0.3 is 10.1 Å². The van der Waals surface area contributed by atoms with Gasteiger partial charge in [0.25, 0.3) is 0 Å². The molecule has 2 heteroatoms. The second-order valence-corrected chi connectivity index (χ2v) is 2.57. The molecule has 0 bridgehead atoms. The van der Waals surface area contributed by atoms with Crippen molar-refractivity contribution in [3.8, 4) is 0 Å². The van der Waals surface area contributed by atoms with Crippen molar-refractivity contribution in [3.63, 3.8) is 0 Å². The minimum Gasteiger partial charge on any atom is -0.305 e. The van der Waals surface area contributed by atoms with Gasteiger partial charge in [0, 0.05) is 0 Å². The molecule has 0 aromatic carbocycles. The molecule has 1 fully saturated rings. The summed E-state index contributed by atoms with van der Waals surface area (Å²) in [6, 6.07) is 0. The average molecular weight is 113 g/mol. The fraction of sp³-hybridized carbons (Fsp3) is 0.833. The van der Waals surface area contributed by atoms with E-state index in [-0.39, 0.29) is 5.54 Å². The first kappa shape index (κ1) is 5.76. The predicted octanol–water partition coefficient (Wildman–Crippen LogP) is 0.327. The van der Waals surface area contributed by atoms with Crippen LogP contribution in [0.3, 0.4) is 0 Å². The third kappa shape index (κ3) is 0.892. The Bertz CT molecular complexity index is 94.7. The normalized spacial score (nSPS) is 37.6. The number of hydrogen-bond acceptors (Lipinski definition) is 2. The van der Waals surface area contributed by atoms with Crippen LogP contribution in [0, 0.1) is 0 Å². The molecule has 0 aromatic rings. The lowest BCUT2D eigenvalue weighted by Crippen LogP contribution is -2.37. The molecule has 46 valence electrons. The monoisotopic (exact) mass is 113 g/mol. The first-order valence-electron chi connectivity index (χ1n) is 2.98. The predicted molar refractivity (Wildman–Crippen MR) is 31.7 cm³/mol. The summed E-state index contributed by atoms with van der Waals surface area (Å²) in [5, 5.41) is 3.11. The lowest BCUT2D eigenvalue weighted by molar-refractivity contribution is -0.112. The van der Waals surface area contributed by atoms with Crippen molar-refractivity contribution in [1.82, 2.24) is 5.32 Å². The summed E-state index contributed by atoms with van der Waals surface area (Å²) in [6.45, 7) is 2.93. The van der Waals surface area contributed by atoms with Gasteiger partial charge in [0.2, 0.25) is 0 Å². The van der Waals surface area contributed by atoms with E-state index >= 15 is 0 Å². The van der Waals surface area contributed by atoms with Gasteiger partial charge in [0.15, 0.2) is 0 Å². The highest BCUT2D eigenvalue weighted by atomic mass is 16.1. The number of rotatable bonds is 1. The summed E-state index contributed by atoms with van der Waals surface area (Å²) >= 11 is 0. The molecule has 1 atom stereocenters. The van der Waals surface area contributed by atoms with Crippen molar-refractivity contribution in [1.29, 1.82) is 0 Å². The average Bonchev–Trinajstić information content (AvgIpc) is 2.17. The SMILES string of the molecule is C[C@@]1(C=O)CCCN1. The first-order chi connectivity index (χ1) is 3.77. The lowest BCUT2D eigenvalue weighted by Gasteiger charge is -2.13. The number of hydrogen-bond donors (Lipinski definition) is 1. The molecule has 8 heavy (non-hydrogen) atoms. The van der Waals surface area contributed by atoms with Crippen molar-refractivity contribution in [2.24, 2.45) is 0 Å². The van der Waals surface area contributed by atoms with E-state index in [0.717, 1.165) is 25.7 Å². The molecule has 0 amide bonds. The molecule has 1 rings (SSSR count). The van der Waals surface area contributed by atoms with E-state index in [1.165, 1.54) is 0 Å². The van der Waals surface area contributed by atoms with Crippen molar-refractivity contribution >= 4 is 6.29 Å². The fourth-order valence-corrected chi connectivity index (χ4v) is 1.02. The summed E-state index contributed by atoms with van der Waals surface area (Å²) in [7, 11) is 0. The number of carbonyl (C=O) groups is 1. The molecule has 1 N–H and O–H groups in total. The van der Waals surface area contributed by atoms with Crippen LogP contribution in [0.15, 0.2) is 0 Å². The minimum atomic E-state index is -0.194. The Balaban J connectivity index is 2.52. The van der Waals surface area contributed by atoms with Crippen LogP contribution in [0.5, 0.6) is 0 Å². The number of carbonyl (C=O) groups excluding carboxylic acids is 1. The highest BCUT2D eigenvalue weighted by molar-refractivity contribution is 5.63. The van der Waals surface area contributed by atoms with E-state index in [9.17, 15) is 4.79 Å². The summed E-state index contributed by atoms with van der Waals surface area (Å²) in [5.41, 5.74) is -0.194. The zero-order valence-corrected chi connectivity index (χ0v) is 5.11. The Labute approximate surface area is 49.3 Å². The largest absolute Gasteiger partial charge is 0.305 e.